The molecule has 1 aromatic carbocycles. The molecule has 0 saturated carbocycles. The summed E-state index contributed by atoms with van der Waals surface area (Å²) in [5, 5.41) is 4.93. The minimum atomic E-state index is -4.82. The second kappa shape index (κ2) is 13.5. The first kappa shape index (κ1) is 27.8. The van der Waals surface area contributed by atoms with Gasteiger partial charge in [0.1, 0.15) is 18.1 Å². The summed E-state index contributed by atoms with van der Waals surface area (Å²) in [6.45, 7) is 2.82. The van der Waals surface area contributed by atoms with Crippen molar-refractivity contribution in [1.82, 2.24) is 9.88 Å². The Balaban J connectivity index is 1.42. The number of carbonyl (C=O) groups excluding carboxylic acids is 2. The minimum absolute atomic E-state index is 0.00487. The fourth-order valence-corrected chi connectivity index (χ4v) is 4.51. The van der Waals surface area contributed by atoms with Crippen LogP contribution in [0.3, 0.4) is 0 Å². The van der Waals surface area contributed by atoms with Crippen LogP contribution in [0.4, 0.5) is 18.9 Å². The van der Waals surface area contributed by atoms with Crippen molar-refractivity contribution in [1.29, 1.82) is 0 Å². The SMILES string of the molecule is COCCOCCOCC(=O)N1CCC(c2nc(C(=O)Nc3cccc(OC(F)(F)F)c3)cs2)CC1. The zero-order valence-electron chi connectivity index (χ0n) is 19.7. The molecule has 2 aromatic rings. The third-order valence-corrected chi connectivity index (χ3v) is 6.31. The van der Waals surface area contributed by atoms with Gasteiger partial charge in [0, 0.05) is 43.3 Å². The molecule has 1 aromatic heterocycles. The van der Waals surface area contributed by atoms with Gasteiger partial charge in [-0.05, 0) is 25.0 Å². The zero-order valence-corrected chi connectivity index (χ0v) is 20.5. The third kappa shape index (κ3) is 9.04. The molecule has 36 heavy (non-hydrogen) atoms. The molecule has 1 aliphatic heterocycles. The topological polar surface area (TPSA) is 99.2 Å². The number of rotatable bonds is 12. The van der Waals surface area contributed by atoms with Gasteiger partial charge in [-0.3, -0.25) is 9.59 Å². The van der Waals surface area contributed by atoms with Gasteiger partial charge in [0.2, 0.25) is 5.91 Å². The maximum absolute atomic E-state index is 12.5. The molecule has 1 N–H and O–H groups in total. The standard InChI is InChI=1S/C23H28F3N3O6S/c1-32-9-10-33-11-12-34-14-20(30)29-7-5-16(6-8-29)22-28-19(15-36-22)21(31)27-17-3-2-4-18(13-17)35-23(24,25)26/h2-4,13,15-16H,5-12,14H2,1H3,(H,27,31). The molecule has 9 nitrogen and oxygen atoms in total. The molecule has 13 heteroatoms. The van der Waals surface area contributed by atoms with E-state index in [9.17, 15) is 22.8 Å². The van der Waals surface area contributed by atoms with Crippen molar-refractivity contribution in [2.24, 2.45) is 0 Å². The van der Waals surface area contributed by atoms with E-state index in [1.807, 2.05) is 0 Å². The number of piperidine rings is 1. The number of alkyl halides is 3. The van der Waals surface area contributed by atoms with Crippen LogP contribution in [0.5, 0.6) is 5.75 Å². The van der Waals surface area contributed by atoms with Crippen molar-refractivity contribution < 1.29 is 41.7 Å². The first-order valence-corrected chi connectivity index (χ1v) is 12.2. The van der Waals surface area contributed by atoms with Crippen LogP contribution in [-0.2, 0) is 19.0 Å². The number of carbonyl (C=O) groups is 2. The molecule has 0 aliphatic carbocycles. The molecule has 1 aliphatic rings. The van der Waals surface area contributed by atoms with Crippen molar-refractivity contribution in [2.75, 3.05) is 58.6 Å². The molecule has 2 amide bonds. The van der Waals surface area contributed by atoms with Crippen LogP contribution in [0.2, 0.25) is 0 Å². The smallest absolute Gasteiger partial charge is 0.406 e. The number of likely N-dealkylation sites (tertiary alicyclic amines) is 1. The third-order valence-electron chi connectivity index (χ3n) is 5.31. The lowest BCUT2D eigenvalue weighted by molar-refractivity contribution is -0.274. The zero-order chi connectivity index (χ0) is 26.0. The Morgan fingerprint density at radius 1 is 1.14 bits per heavy atom. The summed E-state index contributed by atoms with van der Waals surface area (Å²) >= 11 is 1.34. The van der Waals surface area contributed by atoms with E-state index in [-0.39, 0.29) is 29.8 Å². The lowest BCUT2D eigenvalue weighted by Gasteiger charge is -2.31. The maximum Gasteiger partial charge on any atom is 0.573 e. The van der Waals surface area contributed by atoms with Crippen LogP contribution in [0.1, 0.15) is 34.3 Å². The van der Waals surface area contributed by atoms with Crippen LogP contribution < -0.4 is 10.1 Å². The number of nitrogens with zero attached hydrogens (tertiary/aromatic N) is 2. The van der Waals surface area contributed by atoms with Gasteiger partial charge in [-0.2, -0.15) is 0 Å². The normalized spacial score (nSPS) is 14.6. The summed E-state index contributed by atoms with van der Waals surface area (Å²) in [7, 11) is 1.59. The number of methoxy groups -OCH3 is 1. The average molecular weight is 532 g/mol. The van der Waals surface area contributed by atoms with Gasteiger partial charge in [-0.15, -0.1) is 24.5 Å². The number of hydrogen-bond acceptors (Lipinski definition) is 8. The fraction of sp³-hybridized carbons (Fsp3) is 0.522. The Morgan fingerprint density at radius 2 is 1.86 bits per heavy atom. The molecule has 2 heterocycles. The fourth-order valence-electron chi connectivity index (χ4n) is 3.53. The molecule has 0 unspecified atom stereocenters. The molecule has 0 radical (unpaired) electrons. The van der Waals surface area contributed by atoms with Gasteiger partial charge in [-0.1, -0.05) is 6.07 Å². The molecular weight excluding hydrogens is 503 g/mol. The van der Waals surface area contributed by atoms with Gasteiger partial charge < -0.3 is 29.2 Å². The monoisotopic (exact) mass is 531 g/mol. The van der Waals surface area contributed by atoms with Crippen LogP contribution in [-0.4, -0.2) is 81.3 Å². The number of nitrogens with one attached hydrogen (secondary N) is 1. The number of thiazole rings is 1. The lowest BCUT2D eigenvalue weighted by atomic mass is 9.97. The second-order valence-corrected chi connectivity index (χ2v) is 8.80. The van der Waals surface area contributed by atoms with Crippen LogP contribution in [0, 0.1) is 0 Å². The lowest BCUT2D eigenvalue weighted by Crippen LogP contribution is -2.40. The molecule has 0 spiro atoms. The summed E-state index contributed by atoms with van der Waals surface area (Å²) in [5.74, 6) is -0.931. The quantitative estimate of drug-likeness (QED) is 0.417. The summed E-state index contributed by atoms with van der Waals surface area (Å²) in [5.41, 5.74) is 0.337. The van der Waals surface area contributed by atoms with Crippen molar-refractivity contribution in [3.8, 4) is 5.75 Å². The highest BCUT2D eigenvalue weighted by Crippen LogP contribution is 2.31. The Morgan fingerprint density at radius 3 is 2.58 bits per heavy atom. The predicted octanol–water partition coefficient (Wildman–Crippen LogP) is 3.68. The number of aromatic nitrogens is 1. The Kier molecular flexibility index (Phi) is 10.5. The van der Waals surface area contributed by atoms with Crippen molar-refractivity contribution in [2.45, 2.75) is 25.1 Å². The van der Waals surface area contributed by atoms with E-state index in [4.69, 9.17) is 14.2 Å². The van der Waals surface area contributed by atoms with E-state index in [0.717, 1.165) is 17.1 Å². The number of anilines is 1. The summed E-state index contributed by atoms with van der Waals surface area (Å²) < 4.78 is 56.6. The Bertz CT molecular complexity index is 995. The molecule has 1 fully saturated rings. The average Bonchev–Trinajstić information content (AvgIpc) is 3.33. The Hall–Kier alpha value is -2.74. The number of amides is 2. The molecule has 0 atom stereocenters. The highest BCUT2D eigenvalue weighted by Gasteiger charge is 2.31. The van der Waals surface area contributed by atoms with E-state index in [2.05, 4.69) is 15.0 Å². The van der Waals surface area contributed by atoms with Crippen molar-refractivity contribution in [3.05, 3.63) is 40.3 Å². The minimum Gasteiger partial charge on any atom is -0.406 e. The first-order chi connectivity index (χ1) is 17.2. The van der Waals surface area contributed by atoms with Crippen molar-refractivity contribution >= 4 is 28.8 Å². The largest absolute Gasteiger partial charge is 0.573 e. The summed E-state index contributed by atoms with van der Waals surface area (Å²) in [6.07, 6.45) is -3.41. The first-order valence-electron chi connectivity index (χ1n) is 11.3. The highest BCUT2D eigenvalue weighted by molar-refractivity contribution is 7.10. The van der Waals surface area contributed by atoms with Gasteiger partial charge in [0.05, 0.1) is 31.4 Å². The van der Waals surface area contributed by atoms with E-state index in [1.54, 1.807) is 17.4 Å². The van der Waals surface area contributed by atoms with Gasteiger partial charge in [0.25, 0.3) is 5.91 Å². The number of hydrogen-bond donors (Lipinski definition) is 1. The van der Waals surface area contributed by atoms with Crippen LogP contribution >= 0.6 is 11.3 Å². The van der Waals surface area contributed by atoms with Crippen LogP contribution in [0.15, 0.2) is 29.6 Å². The highest BCUT2D eigenvalue weighted by atomic mass is 32.1. The number of ether oxygens (including phenoxy) is 4. The van der Waals surface area contributed by atoms with E-state index >= 15 is 0 Å². The molecular formula is C23H28F3N3O6S. The van der Waals surface area contributed by atoms with Gasteiger partial charge in [-0.25, -0.2) is 4.98 Å². The predicted molar refractivity (Wildman–Crippen MR) is 125 cm³/mol. The number of halogens is 3. The van der Waals surface area contributed by atoms with E-state index < -0.39 is 18.0 Å². The van der Waals surface area contributed by atoms with Crippen molar-refractivity contribution in [3.63, 3.8) is 0 Å². The molecule has 198 valence electrons. The number of benzene rings is 1. The maximum atomic E-state index is 12.5. The van der Waals surface area contributed by atoms with Gasteiger partial charge >= 0.3 is 6.36 Å². The Labute approximate surface area is 210 Å². The van der Waals surface area contributed by atoms with Gasteiger partial charge in [0.15, 0.2) is 0 Å². The van der Waals surface area contributed by atoms with E-state index in [1.165, 1.54) is 23.5 Å². The molecule has 0 bridgehead atoms. The summed E-state index contributed by atoms with van der Waals surface area (Å²) in [6, 6.07) is 5.04. The summed E-state index contributed by atoms with van der Waals surface area (Å²) in [4.78, 5) is 31.0. The van der Waals surface area contributed by atoms with Crippen LogP contribution in [0.25, 0.3) is 0 Å². The molecule has 3 rings (SSSR count). The second-order valence-electron chi connectivity index (χ2n) is 7.91. The van der Waals surface area contributed by atoms with E-state index in [0.29, 0.717) is 52.4 Å². The molecule has 1 saturated heterocycles.